The molecule has 0 aromatic carbocycles. The van der Waals surface area contributed by atoms with Gasteiger partial charge < -0.3 is 15.4 Å². The van der Waals surface area contributed by atoms with Crippen LogP contribution in [-0.4, -0.2) is 36.6 Å². The molecule has 5 nitrogen and oxygen atoms in total. The Hall–Kier alpha value is -1.10. The van der Waals surface area contributed by atoms with Gasteiger partial charge in [0.25, 0.3) is 0 Å². The molecule has 2 N–H and O–H groups in total. The number of hydrogen-bond donors (Lipinski definition) is 2. The first-order valence-electron chi connectivity index (χ1n) is 7.30. The van der Waals surface area contributed by atoms with E-state index >= 15 is 0 Å². The molecule has 1 amide bonds. The Balaban J connectivity index is 1.73. The van der Waals surface area contributed by atoms with Gasteiger partial charge in [0.1, 0.15) is 6.04 Å². The SMILES string of the molecule is CCOC(=O)C(C)NC(=O)CC1CC2CCC(C1)N2. The highest BCUT2D eigenvalue weighted by Crippen LogP contribution is 2.32. The molecule has 2 rings (SSSR count). The molecule has 2 aliphatic rings. The van der Waals surface area contributed by atoms with Gasteiger partial charge in [0, 0.05) is 18.5 Å². The van der Waals surface area contributed by atoms with Crippen LogP contribution in [0.2, 0.25) is 0 Å². The van der Waals surface area contributed by atoms with Gasteiger partial charge in [-0.2, -0.15) is 0 Å². The van der Waals surface area contributed by atoms with Crippen LogP contribution in [0.5, 0.6) is 0 Å². The van der Waals surface area contributed by atoms with Crippen molar-refractivity contribution in [2.75, 3.05) is 6.61 Å². The second kappa shape index (κ2) is 6.37. The monoisotopic (exact) mass is 268 g/mol. The molecule has 108 valence electrons. The van der Waals surface area contributed by atoms with Gasteiger partial charge in [-0.05, 0) is 45.4 Å². The summed E-state index contributed by atoms with van der Waals surface area (Å²) in [5.41, 5.74) is 0. The van der Waals surface area contributed by atoms with Gasteiger partial charge in [0.15, 0.2) is 0 Å². The molecule has 2 heterocycles. The summed E-state index contributed by atoms with van der Waals surface area (Å²) in [5, 5.41) is 6.29. The number of amides is 1. The van der Waals surface area contributed by atoms with E-state index in [1.807, 2.05) is 0 Å². The van der Waals surface area contributed by atoms with E-state index in [4.69, 9.17) is 4.74 Å². The van der Waals surface area contributed by atoms with E-state index in [0.29, 0.717) is 31.0 Å². The fraction of sp³-hybridized carbons (Fsp3) is 0.857. The van der Waals surface area contributed by atoms with E-state index in [1.54, 1.807) is 13.8 Å². The fourth-order valence-electron chi connectivity index (χ4n) is 3.23. The average Bonchev–Trinajstić information content (AvgIpc) is 2.68. The summed E-state index contributed by atoms with van der Waals surface area (Å²) < 4.78 is 4.87. The number of hydrogen-bond acceptors (Lipinski definition) is 4. The van der Waals surface area contributed by atoms with Crippen LogP contribution in [0, 0.1) is 5.92 Å². The van der Waals surface area contributed by atoms with Crippen LogP contribution in [0.3, 0.4) is 0 Å². The van der Waals surface area contributed by atoms with Gasteiger partial charge in [0.2, 0.25) is 5.91 Å². The standard InChI is InChI=1S/C14H24N2O3/c1-3-19-14(18)9(2)15-13(17)8-10-6-11-4-5-12(7-10)16-11/h9-12,16H,3-8H2,1-2H3,(H,15,17). The molecule has 0 spiro atoms. The molecule has 3 atom stereocenters. The molecule has 2 bridgehead atoms. The third kappa shape index (κ3) is 3.93. The van der Waals surface area contributed by atoms with Gasteiger partial charge in [-0.25, -0.2) is 4.79 Å². The van der Waals surface area contributed by atoms with Crippen molar-refractivity contribution in [3.8, 4) is 0 Å². The summed E-state index contributed by atoms with van der Waals surface area (Å²) >= 11 is 0. The quantitative estimate of drug-likeness (QED) is 0.729. The maximum absolute atomic E-state index is 11.9. The van der Waals surface area contributed by atoms with Gasteiger partial charge in [0.05, 0.1) is 6.61 Å². The fourth-order valence-corrected chi connectivity index (χ4v) is 3.23. The first kappa shape index (κ1) is 14.3. The van der Waals surface area contributed by atoms with Crippen molar-refractivity contribution < 1.29 is 14.3 Å². The number of carbonyl (C=O) groups excluding carboxylic acids is 2. The number of rotatable bonds is 5. The van der Waals surface area contributed by atoms with E-state index in [0.717, 1.165) is 12.8 Å². The Labute approximate surface area is 114 Å². The topological polar surface area (TPSA) is 67.4 Å². The second-order valence-electron chi connectivity index (χ2n) is 5.72. The van der Waals surface area contributed by atoms with E-state index < -0.39 is 6.04 Å². The van der Waals surface area contributed by atoms with Crippen molar-refractivity contribution in [3.05, 3.63) is 0 Å². The molecule has 19 heavy (non-hydrogen) atoms. The molecule has 2 saturated heterocycles. The van der Waals surface area contributed by atoms with Gasteiger partial charge in [-0.15, -0.1) is 0 Å². The van der Waals surface area contributed by atoms with Crippen LogP contribution < -0.4 is 10.6 Å². The number of piperidine rings is 1. The smallest absolute Gasteiger partial charge is 0.328 e. The number of fused-ring (bicyclic) bond motifs is 2. The highest BCUT2D eigenvalue weighted by atomic mass is 16.5. The van der Waals surface area contributed by atoms with E-state index in [9.17, 15) is 9.59 Å². The molecular formula is C14H24N2O3. The number of ether oxygens (including phenoxy) is 1. The minimum absolute atomic E-state index is 0.0353. The molecule has 2 fully saturated rings. The summed E-state index contributed by atoms with van der Waals surface area (Å²) in [6, 6.07) is 0.643. The predicted octanol–water partition coefficient (Wildman–Crippen LogP) is 0.975. The molecule has 0 saturated carbocycles. The lowest BCUT2D eigenvalue weighted by Crippen LogP contribution is -2.43. The van der Waals surface area contributed by atoms with Crippen molar-refractivity contribution in [3.63, 3.8) is 0 Å². The summed E-state index contributed by atoms with van der Waals surface area (Å²) in [6.07, 6.45) is 5.16. The Kier molecular flexibility index (Phi) is 4.80. The normalized spacial score (nSPS) is 30.7. The third-order valence-electron chi connectivity index (χ3n) is 4.06. The second-order valence-corrected chi connectivity index (χ2v) is 5.72. The van der Waals surface area contributed by atoms with Crippen LogP contribution in [0.1, 0.15) is 46.0 Å². The predicted molar refractivity (Wildman–Crippen MR) is 71.5 cm³/mol. The Bertz CT molecular complexity index is 334. The molecule has 0 aliphatic carbocycles. The van der Waals surface area contributed by atoms with Crippen LogP contribution >= 0.6 is 0 Å². The molecule has 0 aromatic heterocycles. The van der Waals surface area contributed by atoms with E-state index in [1.165, 1.54) is 12.8 Å². The number of esters is 1. The Morgan fingerprint density at radius 2 is 1.95 bits per heavy atom. The maximum Gasteiger partial charge on any atom is 0.328 e. The zero-order valence-corrected chi connectivity index (χ0v) is 11.8. The zero-order valence-electron chi connectivity index (χ0n) is 11.8. The van der Waals surface area contributed by atoms with Gasteiger partial charge in [-0.3, -0.25) is 4.79 Å². The lowest BCUT2D eigenvalue weighted by Gasteiger charge is -2.28. The van der Waals surface area contributed by atoms with Crippen molar-refractivity contribution in [2.45, 2.75) is 64.1 Å². The highest BCUT2D eigenvalue weighted by molar-refractivity contribution is 5.84. The molecule has 0 radical (unpaired) electrons. The lowest BCUT2D eigenvalue weighted by atomic mass is 9.89. The van der Waals surface area contributed by atoms with Crippen LogP contribution in [0.15, 0.2) is 0 Å². The molecule has 5 heteroatoms. The zero-order chi connectivity index (χ0) is 13.8. The molecule has 0 aromatic rings. The molecular weight excluding hydrogens is 244 g/mol. The van der Waals surface area contributed by atoms with Crippen molar-refractivity contribution in [2.24, 2.45) is 5.92 Å². The largest absolute Gasteiger partial charge is 0.464 e. The minimum atomic E-state index is -0.550. The van der Waals surface area contributed by atoms with Crippen molar-refractivity contribution in [1.82, 2.24) is 10.6 Å². The molecule has 2 aliphatic heterocycles. The van der Waals surface area contributed by atoms with Crippen LogP contribution in [0.4, 0.5) is 0 Å². The van der Waals surface area contributed by atoms with Gasteiger partial charge in [-0.1, -0.05) is 0 Å². The number of carbonyl (C=O) groups is 2. The van der Waals surface area contributed by atoms with Crippen molar-refractivity contribution >= 4 is 11.9 Å². The number of nitrogens with one attached hydrogen (secondary N) is 2. The Morgan fingerprint density at radius 3 is 2.53 bits per heavy atom. The third-order valence-corrected chi connectivity index (χ3v) is 4.06. The van der Waals surface area contributed by atoms with Crippen molar-refractivity contribution in [1.29, 1.82) is 0 Å². The van der Waals surface area contributed by atoms with E-state index in [2.05, 4.69) is 10.6 Å². The summed E-state index contributed by atoms with van der Waals surface area (Å²) in [4.78, 5) is 23.4. The highest BCUT2D eigenvalue weighted by Gasteiger charge is 2.34. The molecule has 3 unspecified atom stereocenters. The van der Waals surface area contributed by atoms with Gasteiger partial charge >= 0.3 is 5.97 Å². The van der Waals surface area contributed by atoms with Crippen LogP contribution in [0.25, 0.3) is 0 Å². The summed E-state index contributed by atoms with van der Waals surface area (Å²) in [6.45, 7) is 3.77. The summed E-state index contributed by atoms with van der Waals surface area (Å²) in [7, 11) is 0. The first-order chi connectivity index (χ1) is 9.08. The summed E-state index contributed by atoms with van der Waals surface area (Å²) in [5.74, 6) is 0.0567. The first-order valence-corrected chi connectivity index (χ1v) is 7.30. The lowest BCUT2D eigenvalue weighted by molar-refractivity contribution is -0.147. The van der Waals surface area contributed by atoms with Crippen LogP contribution in [-0.2, 0) is 14.3 Å². The Morgan fingerprint density at radius 1 is 1.32 bits per heavy atom. The minimum Gasteiger partial charge on any atom is -0.464 e. The van der Waals surface area contributed by atoms with E-state index in [-0.39, 0.29) is 11.9 Å². The maximum atomic E-state index is 11.9. The average molecular weight is 268 g/mol.